The van der Waals surface area contributed by atoms with Gasteiger partial charge in [-0.1, -0.05) is 36.4 Å². The van der Waals surface area contributed by atoms with Gasteiger partial charge < -0.3 is 4.74 Å². The van der Waals surface area contributed by atoms with Crippen molar-refractivity contribution in [3.05, 3.63) is 82.4 Å². The smallest absolute Gasteiger partial charge is 0.277 e. The number of benzene rings is 2. The minimum atomic E-state index is -0.496. The minimum Gasteiger partial charge on any atom is -0.483 e. The van der Waals surface area contributed by atoms with Crippen LogP contribution in [0.3, 0.4) is 0 Å². The van der Waals surface area contributed by atoms with Crippen LogP contribution < -0.4 is 10.2 Å². The largest absolute Gasteiger partial charge is 0.483 e. The topological polar surface area (TPSA) is 93.8 Å². The molecule has 25 heavy (non-hydrogen) atoms. The van der Waals surface area contributed by atoms with Crippen LogP contribution in [0.5, 0.6) is 5.75 Å². The molecule has 128 valence electrons. The Labute approximate surface area is 144 Å². The van der Waals surface area contributed by atoms with Crippen molar-refractivity contribution >= 4 is 17.8 Å². The van der Waals surface area contributed by atoms with Crippen LogP contribution in [-0.2, 0) is 11.2 Å². The van der Waals surface area contributed by atoms with E-state index in [0.29, 0.717) is 17.7 Å². The van der Waals surface area contributed by atoms with E-state index in [2.05, 4.69) is 17.1 Å². The van der Waals surface area contributed by atoms with Gasteiger partial charge in [0.15, 0.2) is 6.61 Å². The molecule has 1 amide bonds. The Morgan fingerprint density at radius 1 is 1.28 bits per heavy atom. The van der Waals surface area contributed by atoms with Crippen molar-refractivity contribution in [2.45, 2.75) is 6.42 Å². The number of nitrogens with one attached hydrogen (secondary N) is 1. The van der Waals surface area contributed by atoms with Crippen molar-refractivity contribution < 1.29 is 14.5 Å². The summed E-state index contributed by atoms with van der Waals surface area (Å²) in [5.74, 6) is 0.176. The molecule has 0 unspecified atom stereocenters. The Morgan fingerprint density at radius 2 is 2.08 bits per heavy atom. The van der Waals surface area contributed by atoms with E-state index in [9.17, 15) is 14.9 Å². The molecule has 1 N–H and O–H groups in total. The molecule has 7 heteroatoms. The fourth-order valence-electron chi connectivity index (χ4n) is 2.04. The van der Waals surface area contributed by atoms with E-state index in [1.54, 1.807) is 24.3 Å². The van der Waals surface area contributed by atoms with Crippen LogP contribution >= 0.6 is 0 Å². The number of non-ortho nitro benzene ring substituents is 1. The lowest BCUT2D eigenvalue weighted by atomic mass is 10.1. The molecular formula is C18H17N3O4. The summed E-state index contributed by atoms with van der Waals surface area (Å²) in [5.41, 5.74) is 3.71. The quantitative estimate of drug-likeness (QED) is 0.346. The summed E-state index contributed by atoms with van der Waals surface area (Å²) >= 11 is 0. The highest BCUT2D eigenvalue weighted by Gasteiger charge is 2.06. The highest BCUT2D eigenvalue weighted by atomic mass is 16.6. The lowest BCUT2D eigenvalue weighted by Gasteiger charge is -2.09. The van der Waals surface area contributed by atoms with E-state index in [0.717, 1.165) is 5.56 Å². The maximum atomic E-state index is 11.8. The number of hydrogen-bond donors (Lipinski definition) is 1. The van der Waals surface area contributed by atoms with Crippen molar-refractivity contribution in [3.63, 3.8) is 0 Å². The number of rotatable bonds is 8. The molecule has 2 rings (SSSR count). The average molecular weight is 339 g/mol. The lowest BCUT2D eigenvalue weighted by Crippen LogP contribution is -2.24. The zero-order valence-corrected chi connectivity index (χ0v) is 13.4. The fourth-order valence-corrected chi connectivity index (χ4v) is 2.04. The number of ether oxygens (including phenoxy) is 1. The van der Waals surface area contributed by atoms with E-state index in [1.165, 1.54) is 18.3 Å². The molecule has 2 aromatic carbocycles. The first-order chi connectivity index (χ1) is 12.1. The zero-order valence-electron chi connectivity index (χ0n) is 13.4. The van der Waals surface area contributed by atoms with E-state index in [4.69, 9.17) is 4.74 Å². The first-order valence-corrected chi connectivity index (χ1v) is 7.48. The first-order valence-electron chi connectivity index (χ1n) is 7.48. The highest BCUT2D eigenvalue weighted by molar-refractivity contribution is 5.83. The Morgan fingerprint density at radius 3 is 2.84 bits per heavy atom. The Hall–Kier alpha value is -3.48. The Bertz CT molecular complexity index is 802. The second-order valence-corrected chi connectivity index (χ2v) is 5.03. The molecule has 0 aliphatic rings. The predicted octanol–water partition coefficient (Wildman–Crippen LogP) is 2.85. The maximum Gasteiger partial charge on any atom is 0.277 e. The molecular weight excluding hydrogens is 322 g/mol. The summed E-state index contributed by atoms with van der Waals surface area (Å²) < 4.78 is 5.48. The molecule has 0 aliphatic carbocycles. The first kappa shape index (κ1) is 17.9. The summed E-state index contributed by atoms with van der Waals surface area (Å²) in [6, 6.07) is 13.3. The Kier molecular flexibility index (Phi) is 6.41. The van der Waals surface area contributed by atoms with E-state index in [1.807, 2.05) is 18.2 Å². The van der Waals surface area contributed by atoms with Gasteiger partial charge in [0.05, 0.1) is 11.1 Å². The van der Waals surface area contributed by atoms with Gasteiger partial charge in [-0.05, 0) is 18.1 Å². The summed E-state index contributed by atoms with van der Waals surface area (Å²) in [4.78, 5) is 22.0. The number of hydrazone groups is 1. The molecule has 2 aromatic rings. The summed E-state index contributed by atoms with van der Waals surface area (Å²) in [6.07, 6.45) is 3.73. The Balaban J connectivity index is 1.88. The van der Waals surface area contributed by atoms with E-state index >= 15 is 0 Å². The van der Waals surface area contributed by atoms with Gasteiger partial charge in [-0.15, -0.1) is 6.58 Å². The van der Waals surface area contributed by atoms with Crippen molar-refractivity contribution in [2.24, 2.45) is 5.10 Å². The third-order valence-electron chi connectivity index (χ3n) is 3.18. The number of nitrogens with zero attached hydrogens (tertiary/aromatic N) is 2. The summed E-state index contributed by atoms with van der Waals surface area (Å²) in [6.45, 7) is 3.49. The van der Waals surface area contributed by atoms with Crippen molar-refractivity contribution in [1.82, 2.24) is 5.43 Å². The number of nitro benzene ring substituents is 1. The minimum absolute atomic E-state index is 0.0440. The standard InChI is InChI=1S/C18H17N3O4/c1-2-6-15-8-3-4-10-17(15)25-13-18(22)20-19-12-14-7-5-9-16(11-14)21(23)24/h2-5,7-12H,1,6,13H2,(H,20,22). The van der Waals surface area contributed by atoms with Gasteiger partial charge in [0, 0.05) is 17.7 Å². The number of carbonyl (C=O) groups is 1. The molecule has 0 aromatic heterocycles. The molecule has 0 aliphatic heterocycles. The number of carbonyl (C=O) groups excluding carboxylic acids is 1. The van der Waals surface area contributed by atoms with Gasteiger partial charge in [-0.25, -0.2) is 5.43 Å². The second-order valence-electron chi connectivity index (χ2n) is 5.03. The van der Waals surface area contributed by atoms with Gasteiger partial charge in [0.1, 0.15) is 5.75 Å². The number of nitro groups is 1. The van der Waals surface area contributed by atoms with Crippen molar-refractivity contribution in [3.8, 4) is 5.75 Å². The van der Waals surface area contributed by atoms with Crippen LogP contribution in [0.1, 0.15) is 11.1 Å². The van der Waals surface area contributed by atoms with Crippen LogP contribution in [0, 0.1) is 10.1 Å². The average Bonchev–Trinajstić information content (AvgIpc) is 2.61. The van der Waals surface area contributed by atoms with Gasteiger partial charge in [-0.3, -0.25) is 14.9 Å². The molecule has 0 bridgehead atoms. The normalized spacial score (nSPS) is 10.4. The molecule has 0 saturated carbocycles. The SMILES string of the molecule is C=CCc1ccccc1OCC(=O)NN=Cc1cccc([N+](=O)[O-])c1. The number of hydrogen-bond acceptors (Lipinski definition) is 5. The van der Waals surface area contributed by atoms with Crippen LogP contribution in [-0.4, -0.2) is 23.7 Å². The fraction of sp³-hybridized carbons (Fsp3) is 0.111. The van der Waals surface area contributed by atoms with Crippen LogP contribution in [0.4, 0.5) is 5.69 Å². The second kappa shape index (κ2) is 8.97. The molecule has 0 radical (unpaired) electrons. The van der Waals surface area contributed by atoms with Gasteiger partial charge >= 0.3 is 0 Å². The number of allylic oxidation sites excluding steroid dienone is 1. The zero-order chi connectivity index (χ0) is 18.1. The maximum absolute atomic E-state index is 11.8. The molecule has 0 saturated heterocycles. The van der Waals surface area contributed by atoms with Crippen molar-refractivity contribution in [1.29, 1.82) is 0 Å². The third-order valence-corrected chi connectivity index (χ3v) is 3.18. The predicted molar refractivity (Wildman–Crippen MR) is 94.7 cm³/mol. The van der Waals surface area contributed by atoms with Crippen LogP contribution in [0.2, 0.25) is 0 Å². The lowest BCUT2D eigenvalue weighted by molar-refractivity contribution is -0.384. The summed E-state index contributed by atoms with van der Waals surface area (Å²) in [7, 11) is 0. The number of para-hydroxylation sites is 1. The monoisotopic (exact) mass is 339 g/mol. The van der Waals surface area contributed by atoms with E-state index < -0.39 is 10.8 Å². The van der Waals surface area contributed by atoms with Crippen LogP contribution in [0.15, 0.2) is 66.3 Å². The van der Waals surface area contributed by atoms with Gasteiger partial charge in [-0.2, -0.15) is 5.10 Å². The highest BCUT2D eigenvalue weighted by Crippen LogP contribution is 2.18. The number of amides is 1. The van der Waals surface area contributed by atoms with Crippen LogP contribution in [0.25, 0.3) is 0 Å². The molecule has 0 heterocycles. The van der Waals surface area contributed by atoms with Gasteiger partial charge in [0.25, 0.3) is 11.6 Å². The molecule has 7 nitrogen and oxygen atoms in total. The molecule has 0 fully saturated rings. The van der Waals surface area contributed by atoms with E-state index in [-0.39, 0.29) is 12.3 Å². The molecule has 0 spiro atoms. The van der Waals surface area contributed by atoms with Gasteiger partial charge in [0.2, 0.25) is 0 Å². The molecule has 0 atom stereocenters. The third kappa shape index (κ3) is 5.58. The summed E-state index contributed by atoms with van der Waals surface area (Å²) in [5, 5.41) is 14.5. The van der Waals surface area contributed by atoms with Crippen molar-refractivity contribution in [2.75, 3.05) is 6.61 Å².